The molecule has 3 aromatic rings. The van der Waals surface area contributed by atoms with Gasteiger partial charge in [0.15, 0.2) is 5.13 Å². The largest absolute Gasteiger partial charge is 0.494 e. The van der Waals surface area contributed by atoms with Crippen molar-refractivity contribution in [2.45, 2.75) is 34.1 Å². The Morgan fingerprint density at radius 1 is 1.00 bits per heavy atom. The smallest absolute Gasteiger partial charge is 0.260 e. The SMILES string of the molecule is CCOc1ccc(C(=O)N(CCN(CC)CC)c2nc3ccc(CC)cc3s2)cc1. The van der Waals surface area contributed by atoms with Crippen LogP contribution in [-0.2, 0) is 6.42 Å². The Morgan fingerprint density at radius 3 is 2.37 bits per heavy atom. The van der Waals surface area contributed by atoms with Crippen LogP contribution in [0, 0.1) is 0 Å². The van der Waals surface area contributed by atoms with Gasteiger partial charge in [0.05, 0.1) is 16.8 Å². The molecule has 30 heavy (non-hydrogen) atoms. The number of nitrogens with zero attached hydrogens (tertiary/aromatic N) is 3. The minimum absolute atomic E-state index is 0.0278. The number of benzene rings is 2. The molecular formula is C24H31N3O2S. The summed E-state index contributed by atoms with van der Waals surface area (Å²) in [5.74, 6) is 0.746. The number of fused-ring (bicyclic) bond motifs is 1. The van der Waals surface area contributed by atoms with Crippen molar-refractivity contribution < 1.29 is 9.53 Å². The van der Waals surface area contributed by atoms with Crippen LogP contribution in [0.5, 0.6) is 5.75 Å². The van der Waals surface area contributed by atoms with E-state index >= 15 is 0 Å². The minimum Gasteiger partial charge on any atom is -0.494 e. The summed E-state index contributed by atoms with van der Waals surface area (Å²) < 4.78 is 6.64. The number of amides is 1. The van der Waals surface area contributed by atoms with E-state index in [0.717, 1.165) is 47.2 Å². The first kappa shape index (κ1) is 22.2. The lowest BCUT2D eigenvalue weighted by atomic mass is 10.2. The Kier molecular flexibility index (Phi) is 7.82. The van der Waals surface area contributed by atoms with E-state index in [1.165, 1.54) is 5.56 Å². The van der Waals surface area contributed by atoms with Crippen molar-refractivity contribution in [1.82, 2.24) is 9.88 Å². The molecule has 0 saturated heterocycles. The first-order chi connectivity index (χ1) is 14.6. The zero-order valence-electron chi connectivity index (χ0n) is 18.4. The monoisotopic (exact) mass is 425 g/mol. The van der Waals surface area contributed by atoms with E-state index in [-0.39, 0.29) is 5.91 Å². The molecule has 1 heterocycles. The van der Waals surface area contributed by atoms with Gasteiger partial charge in [0, 0.05) is 18.7 Å². The number of rotatable bonds is 10. The topological polar surface area (TPSA) is 45.7 Å². The minimum atomic E-state index is -0.0278. The number of carbonyl (C=O) groups excluding carboxylic acids is 1. The second kappa shape index (κ2) is 10.5. The zero-order chi connectivity index (χ0) is 21.5. The van der Waals surface area contributed by atoms with Gasteiger partial charge in [-0.05, 0) is 68.4 Å². The van der Waals surface area contributed by atoms with Crippen LogP contribution in [0.4, 0.5) is 5.13 Å². The predicted octanol–water partition coefficient (Wildman–Crippen LogP) is 5.25. The van der Waals surface area contributed by atoms with Gasteiger partial charge >= 0.3 is 0 Å². The molecule has 0 N–H and O–H groups in total. The molecule has 0 aliphatic carbocycles. The summed E-state index contributed by atoms with van der Waals surface area (Å²) in [7, 11) is 0. The lowest BCUT2D eigenvalue weighted by molar-refractivity contribution is 0.0983. The van der Waals surface area contributed by atoms with Crippen LogP contribution in [-0.4, -0.2) is 48.6 Å². The number of ether oxygens (including phenoxy) is 1. The van der Waals surface area contributed by atoms with E-state index in [1.807, 2.05) is 36.1 Å². The van der Waals surface area contributed by atoms with Crippen LogP contribution in [0.25, 0.3) is 10.2 Å². The molecule has 160 valence electrons. The fraction of sp³-hybridized carbons (Fsp3) is 0.417. The lowest BCUT2D eigenvalue weighted by Crippen LogP contribution is -2.38. The average Bonchev–Trinajstić information content (AvgIpc) is 3.20. The summed E-state index contributed by atoms with van der Waals surface area (Å²) in [6, 6.07) is 13.7. The normalized spacial score (nSPS) is 11.2. The summed E-state index contributed by atoms with van der Waals surface area (Å²) in [5, 5.41) is 0.754. The van der Waals surface area contributed by atoms with Crippen molar-refractivity contribution in [3.63, 3.8) is 0 Å². The molecule has 0 atom stereocenters. The molecule has 0 aliphatic heterocycles. The van der Waals surface area contributed by atoms with E-state index in [2.05, 4.69) is 43.9 Å². The van der Waals surface area contributed by atoms with E-state index in [1.54, 1.807) is 11.3 Å². The Morgan fingerprint density at radius 2 is 1.73 bits per heavy atom. The zero-order valence-corrected chi connectivity index (χ0v) is 19.2. The van der Waals surface area contributed by atoms with Gasteiger partial charge in [-0.2, -0.15) is 0 Å². The maximum absolute atomic E-state index is 13.4. The molecule has 1 aromatic heterocycles. The second-order valence-corrected chi connectivity index (χ2v) is 8.10. The third-order valence-electron chi connectivity index (χ3n) is 5.27. The van der Waals surface area contributed by atoms with Crippen LogP contribution < -0.4 is 9.64 Å². The maximum atomic E-state index is 13.4. The summed E-state index contributed by atoms with van der Waals surface area (Å²) in [4.78, 5) is 22.4. The number of anilines is 1. The Bertz CT molecular complexity index is 964. The highest BCUT2D eigenvalue weighted by molar-refractivity contribution is 7.22. The van der Waals surface area contributed by atoms with Crippen LogP contribution in [0.15, 0.2) is 42.5 Å². The molecule has 6 heteroatoms. The average molecular weight is 426 g/mol. The second-order valence-electron chi connectivity index (χ2n) is 7.09. The summed E-state index contributed by atoms with van der Waals surface area (Å²) in [6.07, 6.45) is 0.986. The number of hydrogen-bond acceptors (Lipinski definition) is 5. The van der Waals surface area contributed by atoms with E-state index in [4.69, 9.17) is 9.72 Å². The molecular weight excluding hydrogens is 394 g/mol. The number of hydrogen-bond donors (Lipinski definition) is 0. The first-order valence-electron chi connectivity index (χ1n) is 10.8. The van der Waals surface area contributed by atoms with Crippen LogP contribution in [0.3, 0.4) is 0 Å². The molecule has 0 unspecified atom stereocenters. The number of likely N-dealkylation sites (N-methyl/N-ethyl adjacent to an activating group) is 1. The number of aryl methyl sites for hydroxylation is 1. The predicted molar refractivity (Wildman–Crippen MR) is 126 cm³/mol. The fourth-order valence-corrected chi connectivity index (χ4v) is 4.43. The van der Waals surface area contributed by atoms with Gasteiger partial charge in [0.2, 0.25) is 0 Å². The van der Waals surface area contributed by atoms with E-state index in [0.29, 0.717) is 18.7 Å². The highest BCUT2D eigenvalue weighted by atomic mass is 32.1. The van der Waals surface area contributed by atoms with Gasteiger partial charge in [0.25, 0.3) is 5.91 Å². The van der Waals surface area contributed by atoms with Crippen LogP contribution in [0.1, 0.15) is 43.6 Å². The molecule has 1 amide bonds. The van der Waals surface area contributed by atoms with Gasteiger partial charge in [-0.25, -0.2) is 4.98 Å². The molecule has 0 spiro atoms. The molecule has 0 saturated carbocycles. The standard InChI is InChI=1S/C24H31N3O2S/c1-5-18-9-14-21-22(17-18)30-24(25-21)27(16-15-26(6-2)7-3)23(28)19-10-12-20(13-11-19)29-8-4/h9-14,17H,5-8,15-16H2,1-4H3. The van der Waals surface area contributed by atoms with Gasteiger partial charge in [-0.3, -0.25) is 9.69 Å². The molecule has 5 nitrogen and oxygen atoms in total. The van der Waals surface area contributed by atoms with Gasteiger partial charge in [-0.15, -0.1) is 0 Å². The quantitative estimate of drug-likeness (QED) is 0.445. The molecule has 0 bridgehead atoms. The highest BCUT2D eigenvalue weighted by Crippen LogP contribution is 2.31. The molecule has 0 radical (unpaired) electrons. The number of carbonyl (C=O) groups is 1. The van der Waals surface area contributed by atoms with Crippen molar-refractivity contribution in [3.8, 4) is 5.75 Å². The van der Waals surface area contributed by atoms with Crippen molar-refractivity contribution in [2.24, 2.45) is 0 Å². The summed E-state index contributed by atoms with van der Waals surface area (Å²) >= 11 is 1.59. The van der Waals surface area contributed by atoms with Gasteiger partial charge in [-0.1, -0.05) is 38.2 Å². The third-order valence-corrected chi connectivity index (χ3v) is 6.31. The van der Waals surface area contributed by atoms with Gasteiger partial charge in [0.1, 0.15) is 5.75 Å². The summed E-state index contributed by atoms with van der Waals surface area (Å²) in [6.45, 7) is 12.3. The molecule has 3 rings (SSSR count). The van der Waals surface area contributed by atoms with Crippen molar-refractivity contribution >= 4 is 32.6 Å². The number of aromatic nitrogens is 1. The van der Waals surface area contributed by atoms with Crippen molar-refractivity contribution in [2.75, 3.05) is 37.7 Å². The van der Waals surface area contributed by atoms with E-state index in [9.17, 15) is 4.79 Å². The van der Waals surface area contributed by atoms with Crippen LogP contribution in [0.2, 0.25) is 0 Å². The summed E-state index contributed by atoms with van der Waals surface area (Å²) in [5.41, 5.74) is 2.87. The lowest BCUT2D eigenvalue weighted by Gasteiger charge is -2.24. The fourth-order valence-electron chi connectivity index (χ4n) is 3.37. The first-order valence-corrected chi connectivity index (χ1v) is 11.6. The molecule has 0 fully saturated rings. The van der Waals surface area contributed by atoms with Crippen LogP contribution >= 0.6 is 11.3 Å². The Labute approximate surface area is 183 Å². The molecule has 2 aromatic carbocycles. The van der Waals surface area contributed by atoms with E-state index < -0.39 is 0 Å². The Hall–Kier alpha value is -2.44. The Balaban J connectivity index is 1.92. The van der Waals surface area contributed by atoms with Crippen molar-refractivity contribution in [3.05, 3.63) is 53.6 Å². The van der Waals surface area contributed by atoms with Crippen molar-refractivity contribution in [1.29, 1.82) is 0 Å². The maximum Gasteiger partial charge on any atom is 0.260 e. The number of thiazole rings is 1. The highest BCUT2D eigenvalue weighted by Gasteiger charge is 2.22. The van der Waals surface area contributed by atoms with Gasteiger partial charge < -0.3 is 9.64 Å². The third kappa shape index (κ3) is 5.18. The molecule has 0 aliphatic rings.